The number of anilines is 1. The minimum Gasteiger partial charge on any atom is -0.363 e. The number of pyridine rings is 1. The highest BCUT2D eigenvalue weighted by Crippen LogP contribution is 2.08. The van der Waals surface area contributed by atoms with Crippen LogP contribution in [-0.4, -0.2) is 62.5 Å². The maximum Gasteiger partial charge on any atom is 0.241 e. The van der Waals surface area contributed by atoms with Gasteiger partial charge in [-0.1, -0.05) is 13.0 Å². The summed E-state index contributed by atoms with van der Waals surface area (Å²) >= 11 is 0. The van der Waals surface area contributed by atoms with E-state index in [1.807, 2.05) is 37.2 Å². The average Bonchev–Trinajstić information content (AvgIpc) is 2.56. The summed E-state index contributed by atoms with van der Waals surface area (Å²) in [5.74, 6) is 1.52. The van der Waals surface area contributed by atoms with Gasteiger partial charge < -0.3 is 20.4 Å². The van der Waals surface area contributed by atoms with E-state index in [-0.39, 0.29) is 18.5 Å². The zero-order valence-corrected chi connectivity index (χ0v) is 15.6. The molecule has 0 radical (unpaired) electrons. The third kappa shape index (κ3) is 6.85. The van der Waals surface area contributed by atoms with Gasteiger partial charge in [0.05, 0.1) is 18.8 Å². The summed E-state index contributed by atoms with van der Waals surface area (Å²) in [7, 11) is 7.39. The molecule has 1 rings (SSSR count). The van der Waals surface area contributed by atoms with E-state index in [2.05, 4.69) is 34.5 Å². The third-order valence-corrected chi connectivity index (χ3v) is 3.55. The smallest absolute Gasteiger partial charge is 0.241 e. The number of guanidine groups is 1. The van der Waals surface area contributed by atoms with Crippen LogP contribution in [0.25, 0.3) is 0 Å². The Kier molecular flexibility index (Phi) is 8.01. The molecule has 1 unspecified atom stereocenters. The second-order valence-corrected chi connectivity index (χ2v) is 6.14. The minimum atomic E-state index is 0.00128. The molecule has 0 spiro atoms. The average molecular weight is 334 g/mol. The van der Waals surface area contributed by atoms with E-state index >= 15 is 0 Å². The van der Waals surface area contributed by atoms with Crippen LogP contribution in [0, 0.1) is 0 Å². The van der Waals surface area contributed by atoms with E-state index in [9.17, 15) is 4.79 Å². The fourth-order valence-corrected chi connectivity index (χ4v) is 1.77. The molecule has 1 amide bonds. The second-order valence-electron chi connectivity index (χ2n) is 6.14. The van der Waals surface area contributed by atoms with Gasteiger partial charge in [-0.25, -0.2) is 9.98 Å². The van der Waals surface area contributed by atoms with Crippen molar-refractivity contribution < 1.29 is 4.79 Å². The van der Waals surface area contributed by atoms with Crippen molar-refractivity contribution in [1.29, 1.82) is 0 Å². The number of hydrogen-bond acceptors (Lipinski definition) is 4. The molecule has 1 atom stereocenters. The number of aliphatic imine (C=N–C) groups is 1. The lowest BCUT2D eigenvalue weighted by Gasteiger charge is -2.18. The Morgan fingerprint density at radius 3 is 2.58 bits per heavy atom. The lowest BCUT2D eigenvalue weighted by molar-refractivity contribution is -0.127. The van der Waals surface area contributed by atoms with Gasteiger partial charge in [0.2, 0.25) is 5.91 Å². The maximum absolute atomic E-state index is 11.8. The van der Waals surface area contributed by atoms with Crippen molar-refractivity contribution in [2.24, 2.45) is 4.99 Å². The Morgan fingerprint density at radius 1 is 1.29 bits per heavy atom. The van der Waals surface area contributed by atoms with E-state index in [4.69, 9.17) is 0 Å². The van der Waals surface area contributed by atoms with E-state index in [0.717, 1.165) is 17.9 Å². The molecule has 0 saturated carbocycles. The number of hydrogen-bond donors (Lipinski definition) is 2. The summed E-state index contributed by atoms with van der Waals surface area (Å²) < 4.78 is 0. The third-order valence-electron chi connectivity index (χ3n) is 3.55. The molecule has 0 aliphatic heterocycles. The summed E-state index contributed by atoms with van der Waals surface area (Å²) in [6, 6.07) is 6.14. The predicted octanol–water partition coefficient (Wildman–Crippen LogP) is 1.07. The fraction of sp³-hybridized carbons (Fsp3) is 0.588. The van der Waals surface area contributed by atoms with Gasteiger partial charge >= 0.3 is 0 Å². The van der Waals surface area contributed by atoms with Crippen LogP contribution in [0.15, 0.2) is 23.2 Å². The van der Waals surface area contributed by atoms with Crippen molar-refractivity contribution in [2.45, 2.75) is 32.9 Å². The molecule has 0 aliphatic rings. The number of likely N-dealkylation sites (N-methyl/N-ethyl adjacent to an activating group) is 1. The first kappa shape index (κ1) is 19.7. The first-order valence-electron chi connectivity index (χ1n) is 8.21. The standard InChI is InChI=1S/C17H30N6O/c1-7-13(2)20-17(19-12-16(24)23(5)6)18-11-14-9-8-10-15(21-14)22(3)4/h8-10,13H,7,11-12H2,1-6H3,(H2,18,19,20). The minimum absolute atomic E-state index is 0.00128. The fourth-order valence-electron chi connectivity index (χ4n) is 1.77. The van der Waals surface area contributed by atoms with Crippen molar-refractivity contribution >= 4 is 17.7 Å². The number of rotatable bonds is 7. The number of amides is 1. The SMILES string of the molecule is CCC(C)NC(=NCc1cccc(N(C)C)n1)NCC(=O)N(C)C. The topological polar surface area (TPSA) is 72.9 Å². The monoisotopic (exact) mass is 334 g/mol. The summed E-state index contributed by atoms with van der Waals surface area (Å²) in [5, 5.41) is 6.38. The predicted molar refractivity (Wildman–Crippen MR) is 99.3 cm³/mol. The number of carbonyl (C=O) groups excluding carboxylic acids is 1. The van der Waals surface area contributed by atoms with Gasteiger partial charge in [-0.15, -0.1) is 0 Å². The Morgan fingerprint density at radius 2 is 2.00 bits per heavy atom. The van der Waals surface area contributed by atoms with Crippen LogP contribution in [0.4, 0.5) is 5.82 Å². The first-order chi connectivity index (χ1) is 11.3. The van der Waals surface area contributed by atoms with Crippen LogP contribution < -0.4 is 15.5 Å². The Bertz CT molecular complexity index is 556. The number of nitrogens with zero attached hydrogens (tertiary/aromatic N) is 4. The van der Waals surface area contributed by atoms with Crippen LogP contribution in [0.5, 0.6) is 0 Å². The molecule has 0 aromatic carbocycles. The molecule has 1 heterocycles. The van der Waals surface area contributed by atoms with Crippen molar-refractivity contribution in [1.82, 2.24) is 20.5 Å². The quantitative estimate of drug-likeness (QED) is 0.576. The van der Waals surface area contributed by atoms with Gasteiger partial charge in [0.25, 0.3) is 0 Å². The summed E-state index contributed by atoms with van der Waals surface area (Å²) in [5.41, 5.74) is 0.880. The molecule has 0 aliphatic carbocycles. The molecule has 1 aromatic rings. The van der Waals surface area contributed by atoms with Gasteiger partial charge in [-0.3, -0.25) is 4.79 Å². The van der Waals surface area contributed by atoms with Crippen molar-refractivity contribution in [2.75, 3.05) is 39.6 Å². The van der Waals surface area contributed by atoms with E-state index in [1.54, 1.807) is 19.0 Å². The molecule has 7 nitrogen and oxygen atoms in total. The molecule has 0 bridgehead atoms. The number of carbonyl (C=O) groups is 1. The van der Waals surface area contributed by atoms with Gasteiger partial charge in [0.1, 0.15) is 5.82 Å². The van der Waals surface area contributed by atoms with Crippen LogP contribution in [0.1, 0.15) is 26.0 Å². The Balaban J connectivity index is 2.79. The van der Waals surface area contributed by atoms with Gasteiger partial charge in [-0.05, 0) is 25.5 Å². The van der Waals surface area contributed by atoms with Crippen molar-refractivity contribution in [3.05, 3.63) is 23.9 Å². The highest BCUT2D eigenvalue weighted by Gasteiger charge is 2.08. The maximum atomic E-state index is 11.8. The zero-order chi connectivity index (χ0) is 18.1. The second kappa shape index (κ2) is 9.75. The lowest BCUT2D eigenvalue weighted by Crippen LogP contribution is -2.45. The van der Waals surface area contributed by atoms with Crippen molar-refractivity contribution in [3.8, 4) is 0 Å². The molecule has 1 aromatic heterocycles. The summed E-state index contributed by atoms with van der Waals surface area (Å²) in [6.45, 7) is 4.84. The molecular weight excluding hydrogens is 304 g/mol. The molecule has 0 fully saturated rings. The van der Waals surface area contributed by atoms with Gasteiger partial charge in [-0.2, -0.15) is 0 Å². The van der Waals surface area contributed by atoms with Crippen LogP contribution in [-0.2, 0) is 11.3 Å². The molecule has 0 saturated heterocycles. The number of nitrogens with one attached hydrogen (secondary N) is 2. The van der Waals surface area contributed by atoms with E-state index in [1.165, 1.54) is 0 Å². The summed E-state index contributed by atoms with van der Waals surface area (Å²) in [6.07, 6.45) is 0.969. The highest BCUT2D eigenvalue weighted by molar-refractivity contribution is 5.86. The van der Waals surface area contributed by atoms with Gasteiger partial charge in [0, 0.05) is 34.2 Å². The first-order valence-corrected chi connectivity index (χ1v) is 8.21. The molecule has 24 heavy (non-hydrogen) atoms. The molecule has 2 N–H and O–H groups in total. The molecular formula is C17H30N6O. The molecule has 7 heteroatoms. The lowest BCUT2D eigenvalue weighted by atomic mass is 10.3. The zero-order valence-electron chi connectivity index (χ0n) is 15.6. The number of aromatic nitrogens is 1. The van der Waals surface area contributed by atoms with Crippen LogP contribution >= 0.6 is 0 Å². The largest absolute Gasteiger partial charge is 0.363 e. The van der Waals surface area contributed by atoms with Crippen molar-refractivity contribution in [3.63, 3.8) is 0 Å². The van der Waals surface area contributed by atoms with E-state index in [0.29, 0.717) is 12.5 Å². The van der Waals surface area contributed by atoms with Crippen LogP contribution in [0.3, 0.4) is 0 Å². The summed E-state index contributed by atoms with van der Waals surface area (Å²) in [4.78, 5) is 24.4. The molecule has 134 valence electrons. The normalized spacial score (nSPS) is 12.5. The Hall–Kier alpha value is -2.31. The van der Waals surface area contributed by atoms with Gasteiger partial charge in [0.15, 0.2) is 5.96 Å². The van der Waals surface area contributed by atoms with E-state index < -0.39 is 0 Å². The highest BCUT2D eigenvalue weighted by atomic mass is 16.2. The Labute approximate surface area is 145 Å². The van der Waals surface area contributed by atoms with Crippen LogP contribution in [0.2, 0.25) is 0 Å².